The standard InChI is InChI=1S/C18H18Cl2N2O/c19-16-8-3-13(9-17(16)20)11-22(15-6-7-15)18(23)10-12-1-4-14(21)5-2-12/h1-5,8-9,15H,6-7,10-11,21H2. The molecular weight excluding hydrogens is 331 g/mol. The van der Waals surface area contributed by atoms with Gasteiger partial charge in [0.25, 0.3) is 0 Å². The lowest BCUT2D eigenvalue weighted by molar-refractivity contribution is -0.131. The molecule has 2 aromatic rings. The van der Waals surface area contributed by atoms with Crippen LogP contribution in [0, 0.1) is 0 Å². The van der Waals surface area contributed by atoms with Crippen LogP contribution in [0.5, 0.6) is 0 Å². The minimum Gasteiger partial charge on any atom is -0.399 e. The summed E-state index contributed by atoms with van der Waals surface area (Å²) >= 11 is 12.0. The maximum atomic E-state index is 12.7. The molecule has 1 saturated carbocycles. The van der Waals surface area contributed by atoms with Crippen LogP contribution in [0.1, 0.15) is 24.0 Å². The smallest absolute Gasteiger partial charge is 0.227 e. The average Bonchev–Trinajstić information content (AvgIpc) is 3.35. The molecule has 0 bridgehead atoms. The minimum atomic E-state index is 0.128. The van der Waals surface area contributed by atoms with Gasteiger partial charge in [0.05, 0.1) is 16.5 Å². The van der Waals surface area contributed by atoms with Crippen LogP contribution in [0.4, 0.5) is 5.69 Å². The van der Waals surface area contributed by atoms with E-state index in [0.717, 1.165) is 24.0 Å². The van der Waals surface area contributed by atoms with Crippen molar-refractivity contribution >= 4 is 34.8 Å². The number of rotatable bonds is 5. The summed E-state index contributed by atoms with van der Waals surface area (Å²) in [7, 11) is 0. The molecule has 3 nitrogen and oxygen atoms in total. The Kier molecular flexibility index (Phi) is 4.79. The van der Waals surface area contributed by atoms with Crippen LogP contribution >= 0.6 is 23.2 Å². The van der Waals surface area contributed by atoms with Crippen molar-refractivity contribution in [3.8, 4) is 0 Å². The van der Waals surface area contributed by atoms with Crippen molar-refractivity contribution in [1.29, 1.82) is 0 Å². The van der Waals surface area contributed by atoms with Gasteiger partial charge in [0, 0.05) is 18.3 Å². The van der Waals surface area contributed by atoms with Gasteiger partial charge in [-0.1, -0.05) is 41.4 Å². The fourth-order valence-electron chi connectivity index (χ4n) is 2.55. The van der Waals surface area contributed by atoms with Crippen LogP contribution in [0.15, 0.2) is 42.5 Å². The zero-order valence-electron chi connectivity index (χ0n) is 12.6. The molecule has 0 unspecified atom stereocenters. The van der Waals surface area contributed by atoms with Gasteiger partial charge in [-0.2, -0.15) is 0 Å². The molecule has 5 heteroatoms. The van der Waals surface area contributed by atoms with Crippen molar-refractivity contribution < 1.29 is 4.79 Å². The first kappa shape index (κ1) is 16.2. The average molecular weight is 349 g/mol. The van der Waals surface area contributed by atoms with Crippen LogP contribution in [-0.2, 0) is 17.8 Å². The summed E-state index contributed by atoms with van der Waals surface area (Å²) < 4.78 is 0. The second-order valence-corrected chi connectivity index (χ2v) is 6.73. The number of hydrogen-bond donors (Lipinski definition) is 1. The number of nitrogens with zero attached hydrogens (tertiary/aromatic N) is 1. The van der Waals surface area contributed by atoms with E-state index < -0.39 is 0 Å². The predicted octanol–water partition coefficient (Wildman–Crippen LogP) is 4.31. The summed E-state index contributed by atoms with van der Waals surface area (Å²) in [5, 5.41) is 1.05. The van der Waals surface area contributed by atoms with Crippen molar-refractivity contribution in [3.05, 3.63) is 63.6 Å². The Hall–Kier alpha value is -1.71. The third-order valence-corrected chi connectivity index (χ3v) is 4.72. The van der Waals surface area contributed by atoms with Crippen LogP contribution in [-0.4, -0.2) is 16.8 Å². The Morgan fingerprint density at radius 3 is 2.30 bits per heavy atom. The Bertz CT molecular complexity index is 711. The Balaban J connectivity index is 1.71. The lowest BCUT2D eigenvalue weighted by Crippen LogP contribution is -2.33. The molecule has 0 heterocycles. The molecule has 0 atom stereocenters. The summed E-state index contributed by atoms with van der Waals surface area (Å²) in [6.07, 6.45) is 2.52. The number of amides is 1. The van der Waals surface area contributed by atoms with Gasteiger partial charge in [-0.05, 0) is 48.2 Å². The molecule has 2 N–H and O–H groups in total. The zero-order valence-corrected chi connectivity index (χ0v) is 14.1. The van der Waals surface area contributed by atoms with Crippen molar-refractivity contribution in [1.82, 2.24) is 4.90 Å². The molecular formula is C18H18Cl2N2O. The van der Waals surface area contributed by atoms with Gasteiger partial charge < -0.3 is 10.6 Å². The molecule has 1 aliphatic carbocycles. The molecule has 1 amide bonds. The highest BCUT2D eigenvalue weighted by Gasteiger charge is 2.32. The number of carbonyl (C=O) groups excluding carboxylic acids is 1. The van der Waals surface area contributed by atoms with Gasteiger partial charge >= 0.3 is 0 Å². The molecule has 0 aliphatic heterocycles. The summed E-state index contributed by atoms with van der Waals surface area (Å²) in [6.45, 7) is 0.565. The Morgan fingerprint density at radius 1 is 1.04 bits per heavy atom. The lowest BCUT2D eigenvalue weighted by atomic mass is 10.1. The van der Waals surface area contributed by atoms with E-state index in [4.69, 9.17) is 28.9 Å². The third-order valence-electron chi connectivity index (χ3n) is 3.98. The normalized spacial score (nSPS) is 13.8. The minimum absolute atomic E-state index is 0.128. The molecule has 1 fully saturated rings. The fourth-order valence-corrected chi connectivity index (χ4v) is 2.87. The number of hydrogen-bond acceptors (Lipinski definition) is 2. The quantitative estimate of drug-likeness (QED) is 0.818. The second kappa shape index (κ2) is 6.81. The predicted molar refractivity (Wildman–Crippen MR) is 94.6 cm³/mol. The highest BCUT2D eigenvalue weighted by atomic mass is 35.5. The van der Waals surface area contributed by atoms with Gasteiger partial charge in [-0.15, -0.1) is 0 Å². The van der Waals surface area contributed by atoms with E-state index in [1.807, 2.05) is 41.3 Å². The van der Waals surface area contributed by atoms with Gasteiger partial charge in [-0.25, -0.2) is 0 Å². The number of carbonyl (C=O) groups is 1. The fraction of sp³-hybridized carbons (Fsp3) is 0.278. The maximum absolute atomic E-state index is 12.7. The maximum Gasteiger partial charge on any atom is 0.227 e. The van der Waals surface area contributed by atoms with E-state index >= 15 is 0 Å². The first-order chi connectivity index (χ1) is 11.0. The van der Waals surface area contributed by atoms with E-state index in [0.29, 0.717) is 34.7 Å². The molecule has 2 aromatic carbocycles. The van der Waals surface area contributed by atoms with Crippen molar-refractivity contribution in [2.24, 2.45) is 0 Å². The molecule has 23 heavy (non-hydrogen) atoms. The summed E-state index contributed by atoms with van der Waals surface area (Å²) in [5.41, 5.74) is 8.36. The number of nitrogen functional groups attached to an aromatic ring is 1. The van der Waals surface area contributed by atoms with Crippen molar-refractivity contribution in [2.75, 3.05) is 5.73 Å². The van der Waals surface area contributed by atoms with E-state index in [1.165, 1.54) is 0 Å². The topological polar surface area (TPSA) is 46.3 Å². The van der Waals surface area contributed by atoms with Gasteiger partial charge in [-0.3, -0.25) is 4.79 Å². The van der Waals surface area contributed by atoms with E-state index in [-0.39, 0.29) is 5.91 Å². The number of halogens is 2. The molecule has 1 aliphatic rings. The van der Waals surface area contributed by atoms with Crippen LogP contribution < -0.4 is 5.73 Å². The van der Waals surface area contributed by atoms with Gasteiger partial charge in [0.1, 0.15) is 0 Å². The van der Waals surface area contributed by atoms with Crippen molar-refractivity contribution in [2.45, 2.75) is 31.8 Å². The highest BCUT2D eigenvalue weighted by Crippen LogP contribution is 2.30. The van der Waals surface area contributed by atoms with E-state index in [1.54, 1.807) is 6.07 Å². The largest absolute Gasteiger partial charge is 0.399 e. The van der Waals surface area contributed by atoms with Crippen LogP contribution in [0.2, 0.25) is 10.0 Å². The van der Waals surface area contributed by atoms with E-state index in [2.05, 4.69) is 0 Å². The second-order valence-electron chi connectivity index (χ2n) is 5.92. The summed E-state index contributed by atoms with van der Waals surface area (Å²) in [6, 6.07) is 13.3. The first-order valence-corrected chi connectivity index (χ1v) is 8.36. The monoisotopic (exact) mass is 348 g/mol. The summed E-state index contributed by atoms with van der Waals surface area (Å²) in [5.74, 6) is 0.128. The lowest BCUT2D eigenvalue weighted by Gasteiger charge is -2.23. The van der Waals surface area contributed by atoms with Crippen LogP contribution in [0.3, 0.4) is 0 Å². The molecule has 0 radical (unpaired) electrons. The summed E-state index contributed by atoms with van der Waals surface area (Å²) in [4.78, 5) is 14.6. The zero-order chi connectivity index (χ0) is 16.4. The first-order valence-electron chi connectivity index (χ1n) is 7.61. The third kappa shape index (κ3) is 4.18. The number of nitrogens with two attached hydrogens (primary N) is 1. The Morgan fingerprint density at radius 2 is 1.70 bits per heavy atom. The molecule has 0 spiro atoms. The van der Waals surface area contributed by atoms with E-state index in [9.17, 15) is 4.79 Å². The SMILES string of the molecule is Nc1ccc(CC(=O)N(Cc2ccc(Cl)c(Cl)c2)C2CC2)cc1. The van der Waals surface area contributed by atoms with Gasteiger partial charge in [0.15, 0.2) is 0 Å². The molecule has 120 valence electrons. The molecule has 3 rings (SSSR count). The Labute approximate surface area is 146 Å². The van der Waals surface area contributed by atoms with Gasteiger partial charge in [0.2, 0.25) is 5.91 Å². The molecule has 0 saturated heterocycles. The van der Waals surface area contributed by atoms with Crippen LogP contribution in [0.25, 0.3) is 0 Å². The number of anilines is 1. The number of benzene rings is 2. The molecule has 0 aromatic heterocycles. The van der Waals surface area contributed by atoms with Crippen molar-refractivity contribution in [3.63, 3.8) is 0 Å². The highest BCUT2D eigenvalue weighted by molar-refractivity contribution is 6.42.